The highest BCUT2D eigenvalue weighted by Crippen LogP contribution is 2.32. The molecule has 0 saturated carbocycles. The highest BCUT2D eigenvalue weighted by molar-refractivity contribution is 7.32. The fraction of sp³-hybridized carbons (Fsp3) is 0.500. The molecule has 0 spiro atoms. The Labute approximate surface area is 89.2 Å². The van der Waals surface area contributed by atoms with Gasteiger partial charge in [-0.05, 0) is 0 Å². The summed E-state index contributed by atoms with van der Waals surface area (Å²) in [4.78, 5) is 39.9. The van der Waals surface area contributed by atoms with Crippen molar-refractivity contribution < 1.29 is 43.7 Å². The Kier molecular flexibility index (Phi) is 5.09. The molecular formula is C6H9O9P. The first-order chi connectivity index (χ1) is 7.19. The lowest BCUT2D eigenvalue weighted by Crippen LogP contribution is -2.44. The molecule has 10 heteroatoms. The standard InChI is InChI=1S/C6H9O9P/c7-3(8)1-6(5(11)12,2-4(9)10)15-16(13)14/h16H,1-2H2,(H,7,8)(H,9,10)(H,11,12)(H,13,14). The number of carboxylic acids is 3. The van der Waals surface area contributed by atoms with Gasteiger partial charge in [0.2, 0.25) is 0 Å². The van der Waals surface area contributed by atoms with Crippen molar-refractivity contribution in [2.24, 2.45) is 0 Å². The summed E-state index contributed by atoms with van der Waals surface area (Å²) in [7, 11) is -3.78. The summed E-state index contributed by atoms with van der Waals surface area (Å²) in [5, 5.41) is 25.5. The molecule has 0 aliphatic heterocycles. The third-order valence-corrected chi connectivity index (χ3v) is 2.11. The lowest BCUT2D eigenvalue weighted by Gasteiger charge is -2.24. The van der Waals surface area contributed by atoms with Crippen LogP contribution in [0.4, 0.5) is 0 Å². The van der Waals surface area contributed by atoms with Gasteiger partial charge in [0.1, 0.15) is 0 Å². The van der Waals surface area contributed by atoms with E-state index in [0.717, 1.165) is 0 Å². The van der Waals surface area contributed by atoms with Crippen LogP contribution in [-0.2, 0) is 23.5 Å². The molecule has 1 atom stereocenters. The third-order valence-electron chi connectivity index (χ3n) is 1.55. The topological polar surface area (TPSA) is 158 Å². The molecule has 0 rings (SSSR count). The molecule has 0 aromatic carbocycles. The van der Waals surface area contributed by atoms with Crippen molar-refractivity contribution in [1.29, 1.82) is 0 Å². The van der Waals surface area contributed by atoms with E-state index in [1.807, 2.05) is 0 Å². The Morgan fingerprint density at radius 1 is 1.06 bits per heavy atom. The van der Waals surface area contributed by atoms with E-state index in [2.05, 4.69) is 4.52 Å². The van der Waals surface area contributed by atoms with E-state index >= 15 is 0 Å². The van der Waals surface area contributed by atoms with E-state index in [0.29, 0.717) is 0 Å². The lowest BCUT2D eigenvalue weighted by molar-refractivity contribution is -0.167. The molecule has 92 valence electrons. The van der Waals surface area contributed by atoms with Crippen LogP contribution in [-0.4, -0.2) is 43.7 Å². The van der Waals surface area contributed by atoms with Crippen molar-refractivity contribution in [3.8, 4) is 0 Å². The molecule has 1 unspecified atom stereocenters. The summed E-state index contributed by atoms with van der Waals surface area (Å²) in [6.07, 6.45) is -2.46. The van der Waals surface area contributed by atoms with Gasteiger partial charge in [0, 0.05) is 0 Å². The Balaban J connectivity index is 5.19. The predicted molar refractivity (Wildman–Crippen MR) is 47.2 cm³/mol. The highest BCUT2D eigenvalue weighted by atomic mass is 31.1. The van der Waals surface area contributed by atoms with Crippen molar-refractivity contribution in [2.45, 2.75) is 18.4 Å². The maximum atomic E-state index is 10.7. The van der Waals surface area contributed by atoms with Crippen molar-refractivity contribution in [2.75, 3.05) is 0 Å². The zero-order valence-electron chi connectivity index (χ0n) is 7.74. The molecule has 0 aliphatic rings. The third kappa shape index (κ3) is 4.39. The van der Waals surface area contributed by atoms with Crippen molar-refractivity contribution in [3.05, 3.63) is 0 Å². The molecule has 0 aromatic heterocycles. The van der Waals surface area contributed by atoms with Gasteiger partial charge in [-0.3, -0.25) is 18.7 Å². The van der Waals surface area contributed by atoms with Gasteiger partial charge >= 0.3 is 26.2 Å². The van der Waals surface area contributed by atoms with Crippen LogP contribution >= 0.6 is 8.25 Å². The monoisotopic (exact) mass is 256 g/mol. The second kappa shape index (κ2) is 5.59. The summed E-state index contributed by atoms with van der Waals surface area (Å²) in [6.45, 7) is 0. The molecule has 0 bridgehead atoms. The van der Waals surface area contributed by atoms with Gasteiger partial charge < -0.3 is 20.2 Å². The Bertz CT molecular complexity index is 294. The minimum atomic E-state index is -3.78. The van der Waals surface area contributed by atoms with Crippen LogP contribution in [0.1, 0.15) is 12.8 Å². The highest BCUT2D eigenvalue weighted by Gasteiger charge is 2.45. The maximum Gasteiger partial charge on any atom is 0.337 e. The number of hydrogen-bond acceptors (Lipinski definition) is 5. The summed E-state index contributed by atoms with van der Waals surface area (Å²) in [5.74, 6) is -5.25. The molecule has 0 fully saturated rings. The summed E-state index contributed by atoms with van der Waals surface area (Å²) in [6, 6.07) is 0. The first kappa shape index (κ1) is 14.6. The molecule has 4 N–H and O–H groups in total. The first-order valence-corrected chi connectivity index (χ1v) is 5.05. The number of hydrogen-bond donors (Lipinski definition) is 4. The Hall–Kier alpha value is -1.44. The molecule has 0 amide bonds. The quantitative estimate of drug-likeness (QED) is 0.426. The van der Waals surface area contributed by atoms with Gasteiger partial charge in [0.05, 0.1) is 12.8 Å². The summed E-state index contributed by atoms with van der Waals surface area (Å²) in [5.41, 5.74) is -2.73. The van der Waals surface area contributed by atoms with Crippen LogP contribution in [0.2, 0.25) is 0 Å². The SMILES string of the molecule is O=C(O)CC(CC(=O)O)(O[PH](=O)O)C(=O)O. The largest absolute Gasteiger partial charge is 0.481 e. The average molecular weight is 256 g/mol. The molecule has 0 saturated heterocycles. The number of carbonyl (C=O) groups is 3. The smallest absolute Gasteiger partial charge is 0.337 e. The van der Waals surface area contributed by atoms with E-state index in [1.165, 1.54) is 0 Å². The molecule has 0 aliphatic carbocycles. The molecule has 0 radical (unpaired) electrons. The van der Waals surface area contributed by atoms with Crippen molar-refractivity contribution >= 4 is 26.2 Å². The number of carboxylic acid groups (broad SMARTS) is 3. The normalized spacial score (nSPS) is 13.1. The van der Waals surface area contributed by atoms with E-state index in [1.54, 1.807) is 0 Å². The summed E-state index contributed by atoms with van der Waals surface area (Å²) >= 11 is 0. The van der Waals surface area contributed by atoms with Crippen LogP contribution in [0.3, 0.4) is 0 Å². The second-order valence-electron chi connectivity index (χ2n) is 2.81. The van der Waals surface area contributed by atoms with E-state index in [4.69, 9.17) is 20.2 Å². The second-order valence-corrected chi connectivity index (χ2v) is 3.54. The molecule has 0 aromatic rings. The minimum absolute atomic E-state index is 1.23. The van der Waals surface area contributed by atoms with Gasteiger partial charge in [-0.2, -0.15) is 0 Å². The van der Waals surface area contributed by atoms with Crippen LogP contribution in [0, 0.1) is 0 Å². The van der Waals surface area contributed by atoms with Gasteiger partial charge in [0.15, 0.2) is 5.60 Å². The van der Waals surface area contributed by atoms with E-state index < -0.39 is 44.6 Å². The van der Waals surface area contributed by atoms with Crippen LogP contribution in [0.15, 0.2) is 0 Å². The average Bonchev–Trinajstić information content (AvgIpc) is 1.98. The molecular weight excluding hydrogens is 247 g/mol. The predicted octanol–water partition coefficient (Wildman–Crippen LogP) is -0.842. The number of rotatable bonds is 7. The Morgan fingerprint density at radius 3 is 1.62 bits per heavy atom. The molecule has 0 heterocycles. The fourth-order valence-corrected chi connectivity index (χ4v) is 1.55. The van der Waals surface area contributed by atoms with Gasteiger partial charge in [0.25, 0.3) is 0 Å². The maximum absolute atomic E-state index is 10.7. The van der Waals surface area contributed by atoms with Gasteiger partial charge in [-0.1, -0.05) is 0 Å². The van der Waals surface area contributed by atoms with E-state index in [-0.39, 0.29) is 0 Å². The van der Waals surface area contributed by atoms with Crippen LogP contribution < -0.4 is 0 Å². The van der Waals surface area contributed by atoms with Crippen molar-refractivity contribution in [1.82, 2.24) is 0 Å². The summed E-state index contributed by atoms with van der Waals surface area (Å²) < 4.78 is 14.5. The zero-order chi connectivity index (χ0) is 12.9. The lowest BCUT2D eigenvalue weighted by atomic mass is 9.96. The number of aliphatic carboxylic acids is 3. The van der Waals surface area contributed by atoms with Crippen LogP contribution in [0.5, 0.6) is 0 Å². The molecule has 16 heavy (non-hydrogen) atoms. The zero-order valence-corrected chi connectivity index (χ0v) is 8.74. The Morgan fingerprint density at radius 2 is 1.44 bits per heavy atom. The minimum Gasteiger partial charge on any atom is -0.481 e. The van der Waals surface area contributed by atoms with Gasteiger partial charge in [-0.25, -0.2) is 4.79 Å². The van der Waals surface area contributed by atoms with Crippen molar-refractivity contribution in [3.63, 3.8) is 0 Å². The fourth-order valence-electron chi connectivity index (χ4n) is 0.985. The van der Waals surface area contributed by atoms with Gasteiger partial charge in [-0.15, -0.1) is 0 Å². The van der Waals surface area contributed by atoms with E-state index in [9.17, 15) is 18.9 Å². The van der Waals surface area contributed by atoms with Crippen LogP contribution in [0.25, 0.3) is 0 Å². The molecule has 9 nitrogen and oxygen atoms in total. The first-order valence-electron chi connectivity index (χ1n) is 3.78.